The Hall–Kier alpha value is -5.81. The van der Waals surface area contributed by atoms with Crippen molar-refractivity contribution in [1.82, 2.24) is 0 Å². The average molecular weight is 886 g/mol. The van der Waals surface area contributed by atoms with Crippen LogP contribution < -0.4 is 19.2 Å². The van der Waals surface area contributed by atoms with Crippen molar-refractivity contribution in [2.45, 2.75) is 124 Å². The number of carbonyl (C=O) groups excluding carboxylic acids is 3. The number of esters is 3. The van der Waals surface area contributed by atoms with Gasteiger partial charge in [0.15, 0.2) is 0 Å². The summed E-state index contributed by atoms with van der Waals surface area (Å²) < 4.78 is 29.2. The number of benzene rings is 4. The quantitative estimate of drug-likeness (QED) is 0.0201. The number of rotatable bonds is 21. The van der Waals surface area contributed by atoms with E-state index in [2.05, 4.69) is 20.8 Å². The molecule has 65 heavy (non-hydrogen) atoms. The lowest BCUT2D eigenvalue weighted by atomic mass is 9.87. The number of hydrogen-bond acceptors (Lipinski definition) is 10. The molecular weight excluding hydrogens is 819 g/mol. The highest BCUT2D eigenvalue weighted by atomic mass is 16.5. The Morgan fingerprint density at radius 3 is 2.02 bits per heavy atom. The Bertz CT molecular complexity index is 2170. The van der Waals surface area contributed by atoms with Crippen molar-refractivity contribution >= 4 is 41.3 Å². The zero-order valence-corrected chi connectivity index (χ0v) is 38.8. The van der Waals surface area contributed by atoms with Crippen molar-refractivity contribution < 1.29 is 38.1 Å². The topological polar surface area (TPSA) is 125 Å². The van der Waals surface area contributed by atoms with Crippen LogP contribution >= 0.6 is 0 Å². The Kier molecular flexibility index (Phi) is 19.2. The van der Waals surface area contributed by atoms with E-state index in [1.165, 1.54) is 0 Å². The molecule has 4 aromatic carbocycles. The number of amidine groups is 1. The third-order valence-electron chi connectivity index (χ3n) is 11.9. The van der Waals surface area contributed by atoms with Gasteiger partial charge in [-0.25, -0.2) is 14.8 Å². The summed E-state index contributed by atoms with van der Waals surface area (Å²) in [6.45, 7) is 10.5. The summed E-state index contributed by atoms with van der Waals surface area (Å²) in [7, 11) is 0. The maximum absolute atomic E-state index is 14.1. The Labute approximate surface area is 385 Å². The fourth-order valence-corrected chi connectivity index (χ4v) is 8.15. The molecule has 2 aliphatic carbocycles. The smallest absolute Gasteiger partial charge is 0.339 e. The van der Waals surface area contributed by atoms with E-state index in [0.29, 0.717) is 55.2 Å². The summed E-state index contributed by atoms with van der Waals surface area (Å²) in [5, 5.41) is 6.76. The lowest BCUT2D eigenvalue weighted by Crippen LogP contribution is -2.31. The number of ether oxygens (including phenoxy) is 5. The molecule has 0 heterocycles. The molecule has 0 atom stereocenters. The molecule has 0 aromatic heterocycles. The molecule has 0 amide bonds. The van der Waals surface area contributed by atoms with E-state index in [4.69, 9.17) is 33.8 Å². The number of hydrogen-bond donors (Lipinski definition) is 0. The molecule has 0 spiro atoms. The number of aliphatic imine (C=N–C) groups is 1. The zero-order chi connectivity index (χ0) is 45.8. The van der Waals surface area contributed by atoms with E-state index >= 15 is 0 Å². The Morgan fingerprint density at radius 2 is 1.32 bits per heavy atom. The van der Waals surface area contributed by atoms with Crippen molar-refractivity contribution in [2.24, 2.45) is 27.8 Å². The minimum absolute atomic E-state index is 0.0296. The third-order valence-corrected chi connectivity index (χ3v) is 11.9. The predicted octanol–water partition coefficient (Wildman–Crippen LogP) is 12.4. The second-order valence-electron chi connectivity index (χ2n) is 17.5. The highest BCUT2D eigenvalue weighted by Gasteiger charge is 2.31. The highest BCUT2D eigenvalue weighted by Crippen LogP contribution is 2.31. The van der Waals surface area contributed by atoms with E-state index in [-0.39, 0.29) is 41.4 Å². The minimum atomic E-state index is -0.522. The summed E-state index contributed by atoms with van der Waals surface area (Å²) >= 11 is 0. The summed E-state index contributed by atoms with van der Waals surface area (Å²) in [5.74, 6) is 0.678. The second kappa shape index (κ2) is 25.6. The highest BCUT2D eigenvalue weighted by molar-refractivity contribution is 6.04. The van der Waals surface area contributed by atoms with Crippen LogP contribution in [0.3, 0.4) is 0 Å². The summed E-state index contributed by atoms with van der Waals surface area (Å²) in [6.07, 6.45) is 13.3. The normalized spacial score (nSPS) is 16.9. The first kappa shape index (κ1) is 48.6. The minimum Gasteiger partial charge on any atom is -0.494 e. The van der Waals surface area contributed by atoms with Crippen molar-refractivity contribution in [2.75, 3.05) is 24.8 Å². The number of unbranched alkanes of at least 4 members (excludes halogenated alkanes) is 3. The van der Waals surface area contributed by atoms with Crippen molar-refractivity contribution in [3.8, 4) is 17.2 Å². The number of carbonyl (C=O) groups is 3. The van der Waals surface area contributed by atoms with Gasteiger partial charge in [0.25, 0.3) is 0 Å². The van der Waals surface area contributed by atoms with Gasteiger partial charge in [-0.3, -0.25) is 9.59 Å². The van der Waals surface area contributed by atoms with Gasteiger partial charge in [-0.2, -0.15) is 5.10 Å². The molecule has 0 radical (unpaired) electrons. The van der Waals surface area contributed by atoms with Crippen LogP contribution in [0.2, 0.25) is 0 Å². The molecule has 4 aromatic rings. The maximum atomic E-state index is 14.1. The number of anilines is 1. The van der Waals surface area contributed by atoms with Crippen LogP contribution in [-0.2, 0) is 19.1 Å². The molecular formula is C54H67N3O8. The number of para-hydroxylation sites is 2. The molecule has 2 aliphatic rings. The molecule has 0 saturated heterocycles. The van der Waals surface area contributed by atoms with Gasteiger partial charge < -0.3 is 23.7 Å². The largest absolute Gasteiger partial charge is 0.494 e. The van der Waals surface area contributed by atoms with E-state index in [1.807, 2.05) is 73.7 Å². The van der Waals surface area contributed by atoms with Gasteiger partial charge in [0.05, 0.1) is 41.6 Å². The van der Waals surface area contributed by atoms with Crippen molar-refractivity contribution in [1.29, 1.82) is 0 Å². The summed E-state index contributed by atoms with van der Waals surface area (Å²) in [6, 6.07) is 29.8. The van der Waals surface area contributed by atoms with Gasteiger partial charge in [-0.1, -0.05) is 82.9 Å². The zero-order valence-electron chi connectivity index (χ0n) is 38.8. The van der Waals surface area contributed by atoms with Gasteiger partial charge in [-0.15, -0.1) is 0 Å². The summed E-state index contributed by atoms with van der Waals surface area (Å²) in [5.41, 5.74) is 3.36. The van der Waals surface area contributed by atoms with Crippen LogP contribution in [-0.4, -0.2) is 55.9 Å². The van der Waals surface area contributed by atoms with E-state index in [9.17, 15) is 14.4 Å². The SMILES string of the molecule is CCCOCCCCCCOc1ccc(OC(=O)C2CCC(OC(=O)c3ccc(OC(=O)C4CCCCC4)cc3/C=N/N(C(=Nc3ccccc3C)C(C)C)c3ccccc3)CC2)cc1. The lowest BCUT2D eigenvalue weighted by Gasteiger charge is -2.27. The van der Waals surface area contributed by atoms with Gasteiger partial charge in [0.2, 0.25) is 0 Å². The molecule has 6 rings (SSSR count). The first-order valence-corrected chi connectivity index (χ1v) is 23.8. The van der Waals surface area contributed by atoms with E-state index in [1.54, 1.807) is 41.6 Å². The van der Waals surface area contributed by atoms with Crippen LogP contribution in [0.15, 0.2) is 107 Å². The van der Waals surface area contributed by atoms with Gasteiger partial charge in [-0.05, 0) is 137 Å². The number of aryl methyl sites for hydroxylation is 1. The monoisotopic (exact) mass is 885 g/mol. The van der Waals surface area contributed by atoms with Gasteiger partial charge >= 0.3 is 17.9 Å². The first-order valence-electron chi connectivity index (χ1n) is 23.8. The van der Waals surface area contributed by atoms with Crippen LogP contribution in [0.5, 0.6) is 17.2 Å². The maximum Gasteiger partial charge on any atom is 0.339 e. The van der Waals surface area contributed by atoms with Crippen LogP contribution in [0.25, 0.3) is 0 Å². The summed E-state index contributed by atoms with van der Waals surface area (Å²) in [4.78, 5) is 45.6. The molecule has 0 N–H and O–H groups in total. The predicted molar refractivity (Wildman–Crippen MR) is 257 cm³/mol. The first-order chi connectivity index (χ1) is 31.7. The lowest BCUT2D eigenvalue weighted by molar-refractivity contribution is -0.141. The molecule has 0 unspecified atom stereocenters. The van der Waals surface area contributed by atoms with Crippen molar-refractivity contribution in [3.05, 3.63) is 114 Å². The average Bonchev–Trinajstić information content (AvgIpc) is 3.32. The van der Waals surface area contributed by atoms with Crippen LogP contribution in [0.4, 0.5) is 11.4 Å². The molecule has 11 heteroatoms. The fourth-order valence-electron chi connectivity index (χ4n) is 8.15. The molecule has 346 valence electrons. The second-order valence-corrected chi connectivity index (χ2v) is 17.5. The number of nitrogens with zero attached hydrogens (tertiary/aromatic N) is 3. The molecule has 2 fully saturated rings. The van der Waals surface area contributed by atoms with Crippen molar-refractivity contribution in [3.63, 3.8) is 0 Å². The van der Waals surface area contributed by atoms with Crippen LogP contribution in [0.1, 0.15) is 132 Å². The molecule has 0 aliphatic heterocycles. The molecule has 0 bridgehead atoms. The van der Waals surface area contributed by atoms with E-state index in [0.717, 1.165) is 100 Å². The van der Waals surface area contributed by atoms with Crippen LogP contribution in [0, 0.1) is 24.7 Å². The van der Waals surface area contributed by atoms with Gasteiger partial charge in [0.1, 0.15) is 29.2 Å². The standard InChI is InChI=1S/C54H67N3O8/c1-5-34-61-35-16-6-7-17-36-62-45-28-30-47(31-29-45)63-53(59)42-24-26-46(27-25-42)64-54(60)49-33-32-48(65-52(58)41-19-10-8-11-20-41)37-43(49)38-55-57(44-21-12-9-13-22-44)51(39(2)3)56-50-23-15-14-18-40(50)4/h9,12-15,18,21-23,28-33,37-39,41-42,46H,5-8,10-11,16-17,19-20,24-27,34-36H2,1-4H3/b55-38+,56-51?. The molecule has 2 saturated carbocycles. The Balaban J connectivity index is 1.10. The Morgan fingerprint density at radius 1 is 0.692 bits per heavy atom. The fraction of sp³-hybridized carbons (Fsp3) is 0.463. The number of hydrazone groups is 1. The van der Waals surface area contributed by atoms with Gasteiger partial charge in [0, 0.05) is 24.7 Å². The van der Waals surface area contributed by atoms with E-state index < -0.39 is 5.97 Å². The third kappa shape index (κ3) is 15.1. The molecule has 11 nitrogen and oxygen atoms in total.